The topological polar surface area (TPSA) is 37.5 Å². The Kier molecular flexibility index (Phi) is 45.7. The van der Waals surface area contributed by atoms with Crippen molar-refractivity contribution in [2.24, 2.45) is 0 Å². The Labute approximate surface area is 692 Å². The summed E-state index contributed by atoms with van der Waals surface area (Å²) in [4.78, 5) is 6.19. The molecule has 2 aliphatic rings. The second-order valence-corrected chi connectivity index (χ2v) is 19.6. The number of nitrogens with zero attached hydrogens (tertiary/aromatic N) is 1. The number of fused-ring (bicyclic) bond motifs is 6. The van der Waals surface area contributed by atoms with Gasteiger partial charge in [-0.15, -0.1) is 6.42 Å². The molecule has 1 aromatic heterocycles. The van der Waals surface area contributed by atoms with Gasteiger partial charge in [0.05, 0.1) is 7.11 Å². The highest BCUT2D eigenvalue weighted by Gasteiger charge is 2.35. The molecule has 0 radical (unpaired) electrons. The zero-order valence-electron chi connectivity index (χ0n) is 61.1. The fraction of sp³-hybridized carbons (Fsp3) is 0.0714. The highest BCUT2D eigenvalue weighted by atomic mass is 35.5. The number of benzene rings is 3. The van der Waals surface area contributed by atoms with Crippen LogP contribution in [-0.2, 0) is 26.0 Å². The van der Waals surface area contributed by atoms with Crippen molar-refractivity contribution in [2.45, 2.75) is 39.0 Å². The molecule has 0 aliphatic carbocycles. The molecule has 3 heterocycles. The molecule has 117 heavy (non-hydrogen) atoms. The van der Waals surface area contributed by atoms with Crippen LogP contribution in [0.3, 0.4) is 0 Å². The van der Waals surface area contributed by atoms with Crippen LogP contribution in [0.4, 0.5) is 0 Å². The Hall–Kier alpha value is -21.4. The quantitative estimate of drug-likeness (QED) is 0.228. The maximum atomic E-state index is 6.31. The number of terminal acetylenes is 1. The normalized spacial score (nSPS) is 7.66. The first-order chi connectivity index (χ1) is 58.1. The average Bonchev–Trinajstić information content (AvgIpc) is 1.67. The number of hydrogen-bond donors (Lipinski definition) is 1. The first kappa shape index (κ1) is 86.2. The number of methoxy groups -OCH3 is 1. The number of aromatic amines is 1. The van der Waals surface area contributed by atoms with Gasteiger partial charge in [0.15, 0.2) is 11.5 Å². The summed E-state index contributed by atoms with van der Waals surface area (Å²) in [6, 6.07) is 21.1. The number of aromatic nitrogens is 1. The number of nitrogens with one attached hydrogen (secondary N) is 1. The third-order valence-electron chi connectivity index (χ3n) is 12.0. The molecule has 1 N–H and O–H groups in total. The van der Waals surface area contributed by atoms with E-state index >= 15 is 0 Å². The smallest absolute Gasteiger partial charge is 0.161 e. The Morgan fingerprint density at radius 3 is 0.906 bits per heavy atom. The van der Waals surface area contributed by atoms with Crippen LogP contribution in [0.25, 0.3) is 10.9 Å². The van der Waals surface area contributed by atoms with E-state index in [0.717, 1.165) is 48.0 Å². The van der Waals surface area contributed by atoms with E-state index in [1.54, 1.807) is 14.0 Å². The van der Waals surface area contributed by atoms with Crippen LogP contribution in [0.15, 0.2) is 60.7 Å². The fourth-order valence-electron chi connectivity index (χ4n) is 7.80. The van der Waals surface area contributed by atoms with Crippen molar-refractivity contribution in [3.8, 4) is 509 Å². The van der Waals surface area contributed by atoms with E-state index in [-0.39, 0.29) is 0 Å². The van der Waals surface area contributed by atoms with E-state index in [9.17, 15) is 0 Å². The third kappa shape index (κ3) is 42.8. The molecule has 2 aliphatic heterocycles. The van der Waals surface area contributed by atoms with Gasteiger partial charge in [0, 0.05) is 431 Å². The largest absolute Gasteiger partial charge is 0.493 e. The van der Waals surface area contributed by atoms with E-state index in [1.807, 2.05) is 24.3 Å². The molecule has 4 aromatic rings. The third-order valence-corrected chi connectivity index (χ3v) is 12.3. The molecule has 1 unspecified atom stereocenters. The lowest BCUT2D eigenvalue weighted by molar-refractivity contribution is 0.158. The highest BCUT2D eigenvalue weighted by Crippen LogP contribution is 2.44. The molecular formula is C112H29ClN2O2. The lowest BCUT2D eigenvalue weighted by Crippen LogP contribution is -2.39. The second-order valence-electron chi connectivity index (χ2n) is 19.2. The first-order valence-corrected chi connectivity index (χ1v) is 32.8. The summed E-state index contributed by atoms with van der Waals surface area (Å²) in [6.45, 7) is 4.19. The lowest BCUT2D eigenvalue weighted by atomic mass is 9.85. The molecule has 0 saturated carbocycles. The average molecular weight is 1470 g/mol. The van der Waals surface area contributed by atoms with Crippen molar-refractivity contribution in [2.75, 3.05) is 13.7 Å². The van der Waals surface area contributed by atoms with E-state index in [2.05, 4.69) is 538 Å². The van der Waals surface area contributed by atoms with E-state index < -0.39 is 0 Å². The van der Waals surface area contributed by atoms with Crippen molar-refractivity contribution < 1.29 is 9.47 Å². The van der Waals surface area contributed by atoms with E-state index in [0.29, 0.717) is 12.6 Å². The molecule has 1 atom stereocenters. The summed E-state index contributed by atoms with van der Waals surface area (Å²) in [6.07, 6.45) is 6.93. The number of halogens is 1. The lowest BCUT2D eigenvalue weighted by Gasteiger charge is -2.40. The molecule has 6 rings (SSSR count). The maximum Gasteiger partial charge on any atom is 0.161 e. The summed E-state index contributed by atoms with van der Waals surface area (Å²) in [5.41, 5.74) is 7.73. The van der Waals surface area contributed by atoms with Crippen LogP contribution in [0.1, 0.15) is 40.9 Å². The summed E-state index contributed by atoms with van der Waals surface area (Å²) in [5, 5.41) is 2.03. The monoisotopic (exact) mass is 1470 g/mol. The zero-order valence-corrected chi connectivity index (χ0v) is 61.9. The highest BCUT2D eigenvalue weighted by molar-refractivity contribution is 6.31. The summed E-state index contributed by atoms with van der Waals surface area (Å²) < 4.78 is 11.9. The van der Waals surface area contributed by atoms with Gasteiger partial charge >= 0.3 is 0 Å². The molecule has 4 nitrogen and oxygen atoms in total. The molecule has 5 heteroatoms. The maximum absolute atomic E-state index is 6.31. The number of H-pyrrole nitrogens is 1. The van der Waals surface area contributed by atoms with Crippen LogP contribution >= 0.6 is 11.6 Å². The molecule has 0 amide bonds. The van der Waals surface area contributed by atoms with Crippen molar-refractivity contribution in [3.63, 3.8) is 0 Å². The predicted octanol–water partition coefficient (Wildman–Crippen LogP) is 6.84. The molecule has 506 valence electrons. The van der Waals surface area contributed by atoms with Gasteiger partial charge in [0.1, 0.15) is 6.61 Å². The van der Waals surface area contributed by atoms with Crippen LogP contribution in [0, 0.1) is 498 Å². The Morgan fingerprint density at radius 2 is 0.632 bits per heavy atom. The van der Waals surface area contributed by atoms with E-state index in [4.69, 9.17) is 27.5 Å². The summed E-state index contributed by atoms with van der Waals surface area (Å²) in [5.74, 6) is 208. The summed E-state index contributed by atoms with van der Waals surface area (Å²) >= 11 is 6.31. The van der Waals surface area contributed by atoms with Crippen LogP contribution < -0.4 is 9.47 Å². The summed E-state index contributed by atoms with van der Waals surface area (Å²) in [7, 11) is 1.72. The Morgan fingerprint density at radius 1 is 0.350 bits per heavy atom. The van der Waals surface area contributed by atoms with Crippen molar-refractivity contribution >= 4 is 22.5 Å². The minimum atomic E-state index is 0.335. The van der Waals surface area contributed by atoms with Gasteiger partial charge in [-0.05, 0) is 167 Å². The standard InChI is InChI=1S/C85H4.C27H25ClN2O2/c1-3-5-7-9-11-13-15-17-19-21-23-25-27-29-31-33-35-37-39-41-43-45-47-49-51-53-55-57-59-61-63-65-67-69-71-73-75-77-79-81-83-85-84-82-80-78-76-74-72-70-68-66-64-62-60-58-56-54-52-50-48-46-44-42-40-38-36-34-32-30-28-26-24-22-20-18-16-14-12-10-8-6-4-2;1-31-26-14-20-18(11-27(26)32-16-17-5-3-2-4-6-17)9-10-30-15-24-22(13-25(20)30)21-12-19(28)7-8-23(21)29-24/h1H,2H3;2-8,11-12,14,25,29H,9-10,13,15-16H2,1H3. The number of ether oxygens (including phenoxy) is 2. The SMILES string of the molecule is C#CC#CC#CC#CC#CC#CC#CC#CC#CC#CC#CC#CC#CC#CC#CC#CC#CC#CC#CC#CC#CC#CC#CC#CC#CC#CC#CC#CC#CC#CC#CC#CC#CC#CC#CC#CC#CC#CC#CC#CC#CC#CC.COc1cc2c(cc1OCc1ccccc1)CCN1Cc3[nH]c4ccc(Cl)cc4c3CC21. The zero-order chi connectivity index (χ0) is 82.3. The minimum absolute atomic E-state index is 0.335. The van der Waals surface area contributed by atoms with Crippen LogP contribution in [0.5, 0.6) is 11.5 Å². The Balaban J connectivity index is 0.000000617. The van der Waals surface area contributed by atoms with Gasteiger partial charge in [-0.2, -0.15) is 0 Å². The van der Waals surface area contributed by atoms with Gasteiger partial charge < -0.3 is 14.5 Å². The van der Waals surface area contributed by atoms with Gasteiger partial charge in [-0.3, -0.25) is 4.90 Å². The number of hydrogen-bond acceptors (Lipinski definition) is 3. The first-order valence-electron chi connectivity index (χ1n) is 32.4. The number of rotatable bonds is 4. The van der Waals surface area contributed by atoms with Gasteiger partial charge in [-0.1, -0.05) is 47.9 Å². The van der Waals surface area contributed by atoms with Crippen LogP contribution in [-0.4, -0.2) is 23.5 Å². The van der Waals surface area contributed by atoms with Crippen molar-refractivity contribution in [1.29, 1.82) is 0 Å². The molecular weight excluding hydrogens is 1440 g/mol. The molecule has 0 spiro atoms. The van der Waals surface area contributed by atoms with Gasteiger partial charge in [-0.25, -0.2) is 0 Å². The minimum Gasteiger partial charge on any atom is -0.493 e. The molecule has 0 fully saturated rings. The fourth-order valence-corrected chi connectivity index (χ4v) is 7.98. The van der Waals surface area contributed by atoms with E-state index in [1.165, 1.54) is 33.3 Å². The van der Waals surface area contributed by atoms with Gasteiger partial charge in [0.2, 0.25) is 0 Å². The van der Waals surface area contributed by atoms with Gasteiger partial charge in [0.25, 0.3) is 0 Å². The second kappa shape index (κ2) is 62.0. The van der Waals surface area contributed by atoms with Crippen molar-refractivity contribution in [1.82, 2.24) is 9.88 Å². The molecule has 0 bridgehead atoms. The van der Waals surface area contributed by atoms with Crippen molar-refractivity contribution in [3.05, 3.63) is 93.6 Å². The Bertz CT molecular complexity index is 7840. The van der Waals surface area contributed by atoms with Crippen LogP contribution in [0.2, 0.25) is 5.02 Å². The predicted molar refractivity (Wildman–Crippen MR) is 461 cm³/mol. The molecule has 0 saturated heterocycles. The molecule has 3 aromatic carbocycles.